The van der Waals surface area contributed by atoms with Gasteiger partial charge in [-0.15, -0.1) is 0 Å². The van der Waals surface area contributed by atoms with E-state index in [4.69, 9.17) is 0 Å². The van der Waals surface area contributed by atoms with Crippen molar-refractivity contribution in [3.8, 4) is 0 Å². The summed E-state index contributed by atoms with van der Waals surface area (Å²) in [4.78, 5) is 25.2. The molecule has 5 heteroatoms. The van der Waals surface area contributed by atoms with Gasteiger partial charge in [0.05, 0.1) is 12.0 Å². The molecule has 0 aliphatic rings. The van der Waals surface area contributed by atoms with Gasteiger partial charge in [-0.3, -0.25) is 9.59 Å². The summed E-state index contributed by atoms with van der Waals surface area (Å²) in [5.74, 6) is -0.317. The van der Waals surface area contributed by atoms with Gasteiger partial charge in [0.1, 0.15) is 0 Å². The number of aromatic amines is 1. The van der Waals surface area contributed by atoms with Gasteiger partial charge >= 0.3 is 0 Å². The van der Waals surface area contributed by atoms with Crippen LogP contribution in [0.25, 0.3) is 0 Å². The quantitative estimate of drug-likeness (QED) is 0.617. The Balaban J connectivity index is 2.82. The van der Waals surface area contributed by atoms with Crippen molar-refractivity contribution in [1.82, 2.24) is 15.6 Å². The van der Waals surface area contributed by atoms with Crippen LogP contribution in [0.2, 0.25) is 0 Å². The Morgan fingerprint density at radius 3 is 2.64 bits per heavy atom. The summed E-state index contributed by atoms with van der Waals surface area (Å²) in [6, 6.07) is 1.65. The standard InChI is InChI=1S/C9H13N3O2/c1-10-8(13)5-7-6(3-4-12-7)9(14)11-2/h3-4,12H,5H2,1-2H3,(H,10,13)(H,11,14). The molecule has 1 aromatic heterocycles. The van der Waals surface area contributed by atoms with Crippen LogP contribution in [0.3, 0.4) is 0 Å². The SMILES string of the molecule is CNC(=O)Cc1[nH]ccc1C(=O)NC. The highest BCUT2D eigenvalue weighted by atomic mass is 16.2. The highest BCUT2D eigenvalue weighted by molar-refractivity contribution is 5.96. The first kappa shape index (κ1) is 10.3. The summed E-state index contributed by atoms with van der Waals surface area (Å²) in [5.41, 5.74) is 1.14. The highest BCUT2D eigenvalue weighted by Gasteiger charge is 2.12. The highest BCUT2D eigenvalue weighted by Crippen LogP contribution is 2.06. The van der Waals surface area contributed by atoms with Gasteiger partial charge in [0.15, 0.2) is 0 Å². The second-order valence-corrected chi connectivity index (χ2v) is 2.80. The Hall–Kier alpha value is -1.78. The normalized spacial score (nSPS) is 9.57. The van der Waals surface area contributed by atoms with Crippen molar-refractivity contribution in [1.29, 1.82) is 0 Å². The predicted molar refractivity (Wildman–Crippen MR) is 52.0 cm³/mol. The molecule has 1 heterocycles. The van der Waals surface area contributed by atoms with E-state index in [1.165, 1.54) is 0 Å². The Morgan fingerprint density at radius 2 is 2.07 bits per heavy atom. The molecule has 1 aromatic rings. The van der Waals surface area contributed by atoms with Crippen LogP contribution >= 0.6 is 0 Å². The van der Waals surface area contributed by atoms with Crippen molar-refractivity contribution in [2.75, 3.05) is 14.1 Å². The maximum atomic E-state index is 11.3. The monoisotopic (exact) mass is 195 g/mol. The maximum Gasteiger partial charge on any atom is 0.252 e. The fraction of sp³-hybridized carbons (Fsp3) is 0.333. The minimum Gasteiger partial charge on any atom is -0.364 e. The van der Waals surface area contributed by atoms with E-state index < -0.39 is 0 Å². The van der Waals surface area contributed by atoms with Gasteiger partial charge < -0.3 is 15.6 Å². The van der Waals surface area contributed by atoms with Crippen LogP contribution in [0, 0.1) is 0 Å². The minimum atomic E-state index is -0.190. The van der Waals surface area contributed by atoms with Gasteiger partial charge in [-0.2, -0.15) is 0 Å². The van der Waals surface area contributed by atoms with Crippen LogP contribution in [0.15, 0.2) is 12.3 Å². The molecule has 3 N–H and O–H groups in total. The molecule has 14 heavy (non-hydrogen) atoms. The number of nitrogens with one attached hydrogen (secondary N) is 3. The lowest BCUT2D eigenvalue weighted by Gasteiger charge is -2.01. The number of aromatic nitrogens is 1. The van der Waals surface area contributed by atoms with Crippen molar-refractivity contribution in [3.05, 3.63) is 23.5 Å². The van der Waals surface area contributed by atoms with E-state index in [1.807, 2.05) is 0 Å². The summed E-state index contributed by atoms with van der Waals surface area (Å²) >= 11 is 0. The Kier molecular flexibility index (Phi) is 3.28. The molecular formula is C9H13N3O2. The van der Waals surface area contributed by atoms with E-state index in [-0.39, 0.29) is 18.2 Å². The zero-order valence-corrected chi connectivity index (χ0v) is 8.18. The number of hydrogen-bond acceptors (Lipinski definition) is 2. The fourth-order valence-corrected chi connectivity index (χ4v) is 1.15. The molecule has 0 saturated heterocycles. The van der Waals surface area contributed by atoms with Gasteiger partial charge in [0, 0.05) is 26.0 Å². The topological polar surface area (TPSA) is 74.0 Å². The van der Waals surface area contributed by atoms with E-state index in [9.17, 15) is 9.59 Å². The molecule has 76 valence electrons. The molecule has 0 aliphatic carbocycles. The van der Waals surface area contributed by atoms with Crippen LogP contribution in [-0.4, -0.2) is 30.9 Å². The smallest absolute Gasteiger partial charge is 0.252 e. The molecule has 1 rings (SSSR count). The Morgan fingerprint density at radius 1 is 1.36 bits per heavy atom. The molecule has 0 saturated carbocycles. The van der Waals surface area contributed by atoms with Crippen LogP contribution < -0.4 is 10.6 Å². The third-order valence-electron chi connectivity index (χ3n) is 1.92. The summed E-state index contributed by atoms with van der Waals surface area (Å²) in [5, 5.41) is 5.01. The number of rotatable bonds is 3. The summed E-state index contributed by atoms with van der Waals surface area (Å²) < 4.78 is 0. The molecule has 0 spiro atoms. The molecule has 0 aromatic carbocycles. The average Bonchev–Trinajstić information content (AvgIpc) is 2.64. The zero-order valence-electron chi connectivity index (χ0n) is 8.18. The number of carbonyl (C=O) groups is 2. The maximum absolute atomic E-state index is 11.3. The fourth-order valence-electron chi connectivity index (χ4n) is 1.15. The second-order valence-electron chi connectivity index (χ2n) is 2.80. The summed E-state index contributed by atoms with van der Waals surface area (Å²) in [6.45, 7) is 0. The Labute approximate surface area is 81.9 Å². The Bertz CT molecular complexity index is 344. The van der Waals surface area contributed by atoms with Gasteiger partial charge in [-0.25, -0.2) is 0 Å². The van der Waals surface area contributed by atoms with Crippen molar-refractivity contribution in [2.45, 2.75) is 6.42 Å². The number of likely N-dealkylation sites (N-methyl/N-ethyl adjacent to an activating group) is 1. The van der Waals surface area contributed by atoms with Gasteiger partial charge in [0.2, 0.25) is 5.91 Å². The van der Waals surface area contributed by atoms with Crippen LogP contribution in [0.4, 0.5) is 0 Å². The first-order valence-electron chi connectivity index (χ1n) is 4.28. The van der Waals surface area contributed by atoms with Crippen molar-refractivity contribution < 1.29 is 9.59 Å². The third kappa shape index (κ3) is 2.12. The predicted octanol–water partition coefficient (Wildman–Crippen LogP) is -0.337. The largest absolute Gasteiger partial charge is 0.364 e. The zero-order chi connectivity index (χ0) is 10.6. The van der Waals surface area contributed by atoms with Crippen molar-refractivity contribution in [3.63, 3.8) is 0 Å². The van der Waals surface area contributed by atoms with Gasteiger partial charge in [-0.1, -0.05) is 0 Å². The average molecular weight is 195 g/mol. The molecule has 0 unspecified atom stereocenters. The van der Waals surface area contributed by atoms with Crippen molar-refractivity contribution >= 4 is 11.8 Å². The van der Waals surface area contributed by atoms with Crippen LogP contribution in [0.5, 0.6) is 0 Å². The number of amides is 2. The molecule has 5 nitrogen and oxygen atoms in total. The molecule has 0 radical (unpaired) electrons. The van der Waals surface area contributed by atoms with E-state index in [2.05, 4.69) is 15.6 Å². The summed E-state index contributed by atoms with van der Waals surface area (Å²) in [7, 11) is 3.11. The molecule has 2 amide bonds. The lowest BCUT2D eigenvalue weighted by Crippen LogP contribution is -2.23. The molecule has 0 aliphatic heterocycles. The molecule has 0 bridgehead atoms. The van der Waals surface area contributed by atoms with E-state index in [0.717, 1.165) is 0 Å². The second kappa shape index (κ2) is 4.45. The lowest BCUT2D eigenvalue weighted by atomic mass is 10.2. The van der Waals surface area contributed by atoms with E-state index >= 15 is 0 Å². The van der Waals surface area contributed by atoms with E-state index in [0.29, 0.717) is 11.3 Å². The summed E-state index contributed by atoms with van der Waals surface area (Å²) in [6.07, 6.45) is 1.83. The van der Waals surface area contributed by atoms with E-state index in [1.54, 1.807) is 26.4 Å². The third-order valence-corrected chi connectivity index (χ3v) is 1.92. The minimum absolute atomic E-state index is 0.127. The molecule has 0 atom stereocenters. The van der Waals surface area contributed by atoms with Gasteiger partial charge in [0.25, 0.3) is 5.91 Å². The molecular weight excluding hydrogens is 182 g/mol. The number of hydrogen-bond donors (Lipinski definition) is 3. The van der Waals surface area contributed by atoms with Gasteiger partial charge in [-0.05, 0) is 6.07 Å². The number of H-pyrrole nitrogens is 1. The molecule has 0 fully saturated rings. The lowest BCUT2D eigenvalue weighted by molar-refractivity contribution is -0.120. The van der Waals surface area contributed by atoms with Crippen molar-refractivity contribution in [2.24, 2.45) is 0 Å². The first-order chi connectivity index (χ1) is 6.69. The first-order valence-corrected chi connectivity index (χ1v) is 4.28. The van der Waals surface area contributed by atoms with Crippen LogP contribution in [0.1, 0.15) is 16.1 Å². The number of carbonyl (C=O) groups excluding carboxylic acids is 2. The van der Waals surface area contributed by atoms with Crippen LogP contribution in [-0.2, 0) is 11.2 Å².